The Morgan fingerprint density at radius 1 is 1.44 bits per heavy atom. The molecule has 5 heteroatoms. The first kappa shape index (κ1) is 14.5. The van der Waals surface area contributed by atoms with Crippen LogP contribution in [0.1, 0.15) is 17.7 Å². The minimum absolute atomic E-state index is 0.314. The van der Waals surface area contributed by atoms with Crippen LogP contribution in [0.4, 0.5) is 0 Å². The van der Waals surface area contributed by atoms with Gasteiger partial charge in [-0.25, -0.2) is 0 Å². The first-order valence-electron chi connectivity index (χ1n) is 6.39. The van der Waals surface area contributed by atoms with Gasteiger partial charge in [-0.2, -0.15) is 0 Å². The van der Waals surface area contributed by atoms with Crippen molar-refractivity contribution in [3.8, 4) is 0 Å². The fraction of sp³-hybridized carbons (Fsp3) is 0.692. The number of thiophene rings is 1. The lowest BCUT2D eigenvalue weighted by Gasteiger charge is -2.37. The third-order valence-corrected chi connectivity index (χ3v) is 5.17. The van der Waals surface area contributed by atoms with Crippen molar-refractivity contribution in [3.63, 3.8) is 0 Å². The zero-order valence-corrected chi connectivity index (χ0v) is 13.2. The number of piperidine rings is 1. The average molecular weight is 333 g/mol. The van der Waals surface area contributed by atoms with Gasteiger partial charge in [0.15, 0.2) is 0 Å². The second-order valence-corrected chi connectivity index (χ2v) is 7.54. The lowest BCUT2D eigenvalue weighted by molar-refractivity contribution is 0.0535. The molecule has 1 fully saturated rings. The minimum atomic E-state index is 0.314. The van der Waals surface area contributed by atoms with Gasteiger partial charge in [0.1, 0.15) is 0 Å². The Balaban J connectivity index is 1.82. The number of hydrogen-bond donors (Lipinski definition) is 2. The molecule has 0 spiro atoms. The van der Waals surface area contributed by atoms with Crippen LogP contribution in [-0.4, -0.2) is 33.4 Å². The number of nitrogens with one attached hydrogen (secondary N) is 2. The van der Waals surface area contributed by atoms with E-state index in [0.717, 1.165) is 32.8 Å². The summed E-state index contributed by atoms with van der Waals surface area (Å²) in [4.78, 5) is 1.38. The van der Waals surface area contributed by atoms with Crippen molar-refractivity contribution in [2.75, 3.05) is 33.4 Å². The fourth-order valence-electron chi connectivity index (χ4n) is 2.53. The monoisotopic (exact) mass is 332 g/mol. The van der Waals surface area contributed by atoms with Crippen LogP contribution in [0.5, 0.6) is 0 Å². The van der Waals surface area contributed by atoms with Crippen molar-refractivity contribution in [2.24, 2.45) is 5.41 Å². The number of halogens is 1. The molecule has 18 heavy (non-hydrogen) atoms. The van der Waals surface area contributed by atoms with Crippen LogP contribution >= 0.6 is 27.3 Å². The van der Waals surface area contributed by atoms with Crippen molar-refractivity contribution < 1.29 is 4.74 Å². The first-order valence-corrected chi connectivity index (χ1v) is 8.00. The molecule has 0 amide bonds. The summed E-state index contributed by atoms with van der Waals surface area (Å²) in [5, 5.41) is 7.01. The molecule has 2 rings (SSSR count). The molecule has 1 saturated heterocycles. The number of ether oxygens (including phenoxy) is 1. The van der Waals surface area contributed by atoms with E-state index in [1.54, 1.807) is 18.4 Å². The second-order valence-electron chi connectivity index (χ2n) is 4.99. The molecular formula is C13H21BrN2OS. The second kappa shape index (κ2) is 7.01. The molecule has 2 heterocycles. The van der Waals surface area contributed by atoms with E-state index < -0.39 is 0 Å². The summed E-state index contributed by atoms with van der Waals surface area (Å²) < 4.78 is 6.62. The molecule has 0 bridgehead atoms. The highest BCUT2D eigenvalue weighted by molar-refractivity contribution is 9.11. The van der Waals surface area contributed by atoms with Gasteiger partial charge >= 0.3 is 0 Å². The molecule has 1 aliphatic heterocycles. The van der Waals surface area contributed by atoms with Gasteiger partial charge in [-0.15, -0.1) is 11.3 Å². The Hall–Kier alpha value is 0.0600. The van der Waals surface area contributed by atoms with Gasteiger partial charge in [-0.3, -0.25) is 0 Å². The lowest BCUT2D eigenvalue weighted by Crippen LogP contribution is -2.45. The molecule has 0 radical (unpaired) electrons. The Bertz CT molecular complexity index is 358. The molecule has 0 aliphatic carbocycles. The van der Waals surface area contributed by atoms with Crippen LogP contribution in [0.15, 0.2) is 15.9 Å². The van der Waals surface area contributed by atoms with Gasteiger partial charge < -0.3 is 15.4 Å². The molecule has 1 aromatic heterocycles. The van der Waals surface area contributed by atoms with E-state index in [1.807, 2.05) is 0 Å². The fourth-order valence-corrected chi connectivity index (χ4v) is 3.99. The van der Waals surface area contributed by atoms with E-state index in [9.17, 15) is 0 Å². The molecule has 102 valence electrons. The van der Waals surface area contributed by atoms with Crippen molar-refractivity contribution in [1.82, 2.24) is 10.6 Å². The van der Waals surface area contributed by atoms with Crippen LogP contribution in [0, 0.1) is 5.41 Å². The van der Waals surface area contributed by atoms with E-state index in [-0.39, 0.29) is 0 Å². The van der Waals surface area contributed by atoms with Gasteiger partial charge in [-0.1, -0.05) is 0 Å². The van der Waals surface area contributed by atoms with Crippen molar-refractivity contribution >= 4 is 27.3 Å². The summed E-state index contributed by atoms with van der Waals surface area (Å²) >= 11 is 5.30. The summed E-state index contributed by atoms with van der Waals surface area (Å²) in [5.41, 5.74) is 0.314. The van der Waals surface area contributed by atoms with Gasteiger partial charge in [-0.05, 0) is 54.0 Å². The van der Waals surface area contributed by atoms with Gasteiger partial charge in [0.2, 0.25) is 0 Å². The smallest absolute Gasteiger partial charge is 0.0701 e. The third-order valence-electron chi connectivity index (χ3n) is 3.54. The molecule has 3 nitrogen and oxygen atoms in total. The SMILES string of the molecule is COCC1(CNCc2ccc(Br)s2)CCNCC1. The van der Waals surface area contributed by atoms with Crippen LogP contribution in [-0.2, 0) is 11.3 Å². The summed E-state index contributed by atoms with van der Waals surface area (Å²) in [6.07, 6.45) is 2.39. The first-order chi connectivity index (χ1) is 8.74. The number of hydrogen-bond acceptors (Lipinski definition) is 4. The maximum absolute atomic E-state index is 5.42. The summed E-state index contributed by atoms with van der Waals surface area (Å²) in [5.74, 6) is 0. The molecule has 0 aromatic carbocycles. The predicted molar refractivity (Wildman–Crippen MR) is 80.1 cm³/mol. The number of methoxy groups -OCH3 is 1. The quantitative estimate of drug-likeness (QED) is 0.840. The van der Waals surface area contributed by atoms with Gasteiger partial charge in [0.25, 0.3) is 0 Å². The molecule has 0 atom stereocenters. The molecule has 0 saturated carbocycles. The van der Waals surface area contributed by atoms with Crippen LogP contribution in [0.3, 0.4) is 0 Å². The molecular weight excluding hydrogens is 312 g/mol. The van der Waals surface area contributed by atoms with E-state index in [1.165, 1.54) is 21.5 Å². The van der Waals surface area contributed by atoms with Crippen LogP contribution < -0.4 is 10.6 Å². The summed E-state index contributed by atoms with van der Waals surface area (Å²) in [6, 6.07) is 4.28. The van der Waals surface area contributed by atoms with E-state index in [2.05, 4.69) is 38.7 Å². The average Bonchev–Trinajstić information content (AvgIpc) is 2.77. The largest absolute Gasteiger partial charge is 0.384 e. The van der Waals surface area contributed by atoms with E-state index in [0.29, 0.717) is 5.41 Å². The van der Waals surface area contributed by atoms with Crippen LogP contribution in [0.2, 0.25) is 0 Å². The maximum atomic E-state index is 5.42. The molecule has 2 N–H and O–H groups in total. The lowest BCUT2D eigenvalue weighted by atomic mass is 9.79. The van der Waals surface area contributed by atoms with Crippen molar-refractivity contribution in [3.05, 3.63) is 20.8 Å². The predicted octanol–water partition coefficient (Wildman–Crippen LogP) is 2.62. The zero-order valence-electron chi connectivity index (χ0n) is 10.8. The topological polar surface area (TPSA) is 33.3 Å². The Kier molecular flexibility index (Phi) is 5.63. The maximum Gasteiger partial charge on any atom is 0.0701 e. The highest BCUT2D eigenvalue weighted by Gasteiger charge is 2.31. The van der Waals surface area contributed by atoms with E-state index in [4.69, 9.17) is 4.74 Å². The van der Waals surface area contributed by atoms with E-state index >= 15 is 0 Å². The van der Waals surface area contributed by atoms with Crippen molar-refractivity contribution in [1.29, 1.82) is 0 Å². The molecule has 1 aromatic rings. The number of rotatable bonds is 6. The van der Waals surface area contributed by atoms with Crippen molar-refractivity contribution in [2.45, 2.75) is 19.4 Å². The molecule has 1 aliphatic rings. The highest BCUT2D eigenvalue weighted by Crippen LogP contribution is 2.28. The van der Waals surface area contributed by atoms with Gasteiger partial charge in [0, 0.05) is 30.5 Å². The molecule has 0 unspecified atom stereocenters. The normalized spacial score (nSPS) is 19.0. The highest BCUT2D eigenvalue weighted by atomic mass is 79.9. The Morgan fingerprint density at radius 3 is 2.83 bits per heavy atom. The van der Waals surface area contributed by atoms with Gasteiger partial charge in [0.05, 0.1) is 10.4 Å². The van der Waals surface area contributed by atoms with Crippen LogP contribution in [0.25, 0.3) is 0 Å². The Labute approximate surface area is 121 Å². The summed E-state index contributed by atoms with van der Waals surface area (Å²) in [7, 11) is 1.81. The standard InChI is InChI=1S/C13H21BrN2OS/c1-17-10-13(4-6-15-7-5-13)9-16-8-11-2-3-12(14)18-11/h2-3,15-16H,4-10H2,1H3. The zero-order chi connectivity index (χ0) is 12.8. The Morgan fingerprint density at radius 2 is 2.22 bits per heavy atom. The minimum Gasteiger partial charge on any atom is -0.384 e. The third kappa shape index (κ3) is 4.03. The summed E-state index contributed by atoms with van der Waals surface area (Å²) in [6.45, 7) is 5.06.